The Morgan fingerprint density at radius 1 is 1.38 bits per heavy atom. The van der Waals surface area contributed by atoms with E-state index in [2.05, 4.69) is 10.6 Å². The Balaban J connectivity index is 2.01. The van der Waals surface area contributed by atoms with Gasteiger partial charge in [-0.25, -0.2) is 0 Å². The molecule has 2 unspecified atom stereocenters. The van der Waals surface area contributed by atoms with E-state index >= 15 is 0 Å². The monoisotopic (exact) mass is 364 g/mol. The van der Waals surface area contributed by atoms with Crippen LogP contribution in [0.1, 0.15) is 37.2 Å². The molecular weight excluding hydrogens is 336 g/mol. The van der Waals surface area contributed by atoms with Crippen LogP contribution < -0.4 is 16.4 Å². The molecule has 1 aliphatic rings. The van der Waals surface area contributed by atoms with Gasteiger partial charge < -0.3 is 25.7 Å². The van der Waals surface area contributed by atoms with Crippen molar-refractivity contribution in [2.75, 3.05) is 26.2 Å². The molecule has 2 heterocycles. The van der Waals surface area contributed by atoms with Crippen LogP contribution in [0.2, 0.25) is 0 Å². The molecule has 2 atom stereocenters. The zero-order valence-corrected chi connectivity index (χ0v) is 15.4. The van der Waals surface area contributed by atoms with E-state index in [9.17, 15) is 14.4 Å². The van der Waals surface area contributed by atoms with Crippen LogP contribution in [-0.4, -0.2) is 54.8 Å². The van der Waals surface area contributed by atoms with E-state index in [4.69, 9.17) is 10.2 Å². The van der Waals surface area contributed by atoms with Gasteiger partial charge in [0.15, 0.2) is 5.76 Å². The Morgan fingerprint density at radius 3 is 2.77 bits per heavy atom. The number of furan rings is 1. The molecule has 3 amide bonds. The summed E-state index contributed by atoms with van der Waals surface area (Å²) in [5.74, 6) is -0.831. The van der Waals surface area contributed by atoms with Crippen molar-refractivity contribution in [1.29, 1.82) is 0 Å². The Hall–Kier alpha value is -2.35. The van der Waals surface area contributed by atoms with E-state index in [0.717, 1.165) is 12.8 Å². The van der Waals surface area contributed by atoms with Gasteiger partial charge in [-0.2, -0.15) is 0 Å². The van der Waals surface area contributed by atoms with Gasteiger partial charge in [0.2, 0.25) is 11.8 Å². The zero-order valence-electron chi connectivity index (χ0n) is 15.4. The Labute approximate surface area is 153 Å². The van der Waals surface area contributed by atoms with E-state index in [-0.39, 0.29) is 29.4 Å². The van der Waals surface area contributed by atoms with Crippen LogP contribution in [0.3, 0.4) is 0 Å². The molecule has 0 bridgehead atoms. The van der Waals surface area contributed by atoms with E-state index < -0.39 is 11.9 Å². The second kappa shape index (κ2) is 9.38. The first-order valence-corrected chi connectivity index (χ1v) is 9.05. The third-order valence-corrected chi connectivity index (χ3v) is 4.51. The largest absolute Gasteiger partial charge is 0.459 e. The topological polar surface area (TPSA) is 118 Å². The van der Waals surface area contributed by atoms with Crippen LogP contribution in [0.5, 0.6) is 0 Å². The fraction of sp³-hybridized carbons (Fsp3) is 0.611. The lowest BCUT2D eigenvalue weighted by atomic mass is 9.95. The van der Waals surface area contributed by atoms with Crippen LogP contribution >= 0.6 is 0 Å². The lowest BCUT2D eigenvalue weighted by Gasteiger charge is -2.35. The van der Waals surface area contributed by atoms with Crippen LogP contribution in [0.4, 0.5) is 0 Å². The molecule has 0 aromatic carbocycles. The standard InChI is InChI=1S/C18H28N4O4/c1-12(2)15(21-17(24)14-6-4-10-26-14)18(25)22-9-3-5-13(11-22)16(23)20-8-7-19/h4,6,10,12-13,15H,3,5,7-9,11,19H2,1-2H3,(H,20,23)(H,21,24). The molecule has 8 heteroatoms. The molecule has 26 heavy (non-hydrogen) atoms. The molecule has 0 saturated carbocycles. The molecule has 8 nitrogen and oxygen atoms in total. The molecule has 2 rings (SSSR count). The number of carbonyl (C=O) groups excluding carboxylic acids is 3. The molecule has 0 spiro atoms. The number of likely N-dealkylation sites (tertiary alicyclic amines) is 1. The maximum absolute atomic E-state index is 13.0. The van der Waals surface area contributed by atoms with Gasteiger partial charge in [-0.15, -0.1) is 0 Å². The number of carbonyl (C=O) groups is 3. The number of amides is 3. The van der Waals surface area contributed by atoms with E-state index in [1.165, 1.54) is 6.26 Å². The Bertz CT molecular complexity index is 615. The molecule has 1 saturated heterocycles. The number of nitrogens with zero attached hydrogens (tertiary/aromatic N) is 1. The molecule has 144 valence electrons. The molecule has 1 fully saturated rings. The second-order valence-electron chi connectivity index (χ2n) is 6.88. The summed E-state index contributed by atoms with van der Waals surface area (Å²) in [6.07, 6.45) is 2.91. The summed E-state index contributed by atoms with van der Waals surface area (Å²) in [6, 6.07) is 2.50. The van der Waals surface area contributed by atoms with Crippen molar-refractivity contribution in [3.63, 3.8) is 0 Å². The minimum absolute atomic E-state index is 0.0753. The lowest BCUT2D eigenvalue weighted by Crippen LogP contribution is -2.54. The van der Waals surface area contributed by atoms with Gasteiger partial charge in [-0.1, -0.05) is 13.8 Å². The fourth-order valence-electron chi connectivity index (χ4n) is 3.06. The minimum Gasteiger partial charge on any atom is -0.459 e. The maximum atomic E-state index is 13.0. The third kappa shape index (κ3) is 5.08. The minimum atomic E-state index is -0.668. The van der Waals surface area contributed by atoms with Crippen molar-refractivity contribution >= 4 is 17.7 Å². The summed E-state index contributed by atoms with van der Waals surface area (Å²) in [5.41, 5.74) is 5.41. The molecule has 0 radical (unpaired) electrons. The van der Waals surface area contributed by atoms with Gasteiger partial charge in [-0.3, -0.25) is 14.4 Å². The predicted octanol–water partition coefficient (Wildman–Crippen LogP) is 0.348. The molecule has 4 N–H and O–H groups in total. The highest BCUT2D eigenvalue weighted by molar-refractivity contribution is 5.95. The number of hydrogen-bond acceptors (Lipinski definition) is 5. The molecule has 1 aromatic rings. The second-order valence-corrected chi connectivity index (χ2v) is 6.88. The summed E-state index contributed by atoms with van der Waals surface area (Å²) >= 11 is 0. The van der Waals surface area contributed by atoms with Crippen molar-refractivity contribution < 1.29 is 18.8 Å². The molecular formula is C18H28N4O4. The highest BCUT2D eigenvalue weighted by Crippen LogP contribution is 2.19. The van der Waals surface area contributed by atoms with Gasteiger partial charge in [0.25, 0.3) is 5.91 Å². The van der Waals surface area contributed by atoms with E-state index in [1.807, 2.05) is 13.8 Å². The summed E-state index contributed by atoms with van der Waals surface area (Å²) in [6.45, 7) is 5.50. The van der Waals surface area contributed by atoms with Crippen LogP contribution in [-0.2, 0) is 9.59 Å². The summed E-state index contributed by atoms with van der Waals surface area (Å²) in [7, 11) is 0. The number of rotatable bonds is 7. The number of piperidine rings is 1. The zero-order chi connectivity index (χ0) is 19.1. The average molecular weight is 364 g/mol. The lowest BCUT2D eigenvalue weighted by molar-refractivity contribution is -0.138. The SMILES string of the molecule is CC(C)C(NC(=O)c1ccco1)C(=O)N1CCCC(C(=O)NCCN)C1. The van der Waals surface area contributed by atoms with Gasteiger partial charge in [0, 0.05) is 26.2 Å². The first-order valence-electron chi connectivity index (χ1n) is 9.05. The summed E-state index contributed by atoms with van der Waals surface area (Å²) < 4.78 is 5.09. The van der Waals surface area contributed by atoms with Crippen molar-refractivity contribution in [2.24, 2.45) is 17.6 Å². The summed E-state index contributed by atoms with van der Waals surface area (Å²) in [4.78, 5) is 39.0. The van der Waals surface area contributed by atoms with Crippen molar-refractivity contribution in [3.8, 4) is 0 Å². The van der Waals surface area contributed by atoms with E-state index in [1.54, 1.807) is 17.0 Å². The highest BCUT2D eigenvalue weighted by Gasteiger charge is 2.34. The quantitative estimate of drug-likeness (QED) is 0.645. The molecule has 0 aliphatic carbocycles. The van der Waals surface area contributed by atoms with Crippen LogP contribution in [0.15, 0.2) is 22.8 Å². The van der Waals surface area contributed by atoms with Crippen LogP contribution in [0, 0.1) is 11.8 Å². The number of nitrogens with two attached hydrogens (primary N) is 1. The number of nitrogens with one attached hydrogen (secondary N) is 2. The predicted molar refractivity (Wildman–Crippen MR) is 96.2 cm³/mol. The third-order valence-electron chi connectivity index (χ3n) is 4.51. The van der Waals surface area contributed by atoms with Crippen molar-refractivity contribution in [2.45, 2.75) is 32.7 Å². The normalized spacial score (nSPS) is 18.5. The maximum Gasteiger partial charge on any atom is 0.287 e. The molecule has 1 aromatic heterocycles. The average Bonchev–Trinajstić information content (AvgIpc) is 3.18. The van der Waals surface area contributed by atoms with Crippen molar-refractivity contribution in [1.82, 2.24) is 15.5 Å². The van der Waals surface area contributed by atoms with Gasteiger partial charge >= 0.3 is 0 Å². The Kier molecular flexibility index (Phi) is 7.20. The van der Waals surface area contributed by atoms with Crippen LogP contribution in [0.25, 0.3) is 0 Å². The fourth-order valence-corrected chi connectivity index (χ4v) is 3.06. The molecule has 1 aliphatic heterocycles. The van der Waals surface area contributed by atoms with Gasteiger partial charge in [-0.05, 0) is 30.9 Å². The first-order chi connectivity index (χ1) is 12.4. The van der Waals surface area contributed by atoms with Crippen molar-refractivity contribution in [3.05, 3.63) is 24.2 Å². The van der Waals surface area contributed by atoms with Gasteiger partial charge in [0.05, 0.1) is 12.2 Å². The van der Waals surface area contributed by atoms with Gasteiger partial charge in [0.1, 0.15) is 6.04 Å². The highest BCUT2D eigenvalue weighted by atomic mass is 16.3. The Morgan fingerprint density at radius 2 is 2.15 bits per heavy atom. The smallest absolute Gasteiger partial charge is 0.287 e. The first kappa shape index (κ1) is 20.0. The summed E-state index contributed by atoms with van der Waals surface area (Å²) in [5, 5.41) is 5.53. The number of hydrogen-bond donors (Lipinski definition) is 3. The van der Waals surface area contributed by atoms with E-state index in [0.29, 0.717) is 26.2 Å².